The van der Waals surface area contributed by atoms with Gasteiger partial charge in [0.1, 0.15) is 5.82 Å². The summed E-state index contributed by atoms with van der Waals surface area (Å²) in [5.41, 5.74) is 2.52. The van der Waals surface area contributed by atoms with Crippen LogP contribution in [0.3, 0.4) is 0 Å². The minimum absolute atomic E-state index is 0.00561. The molecule has 0 bridgehead atoms. The van der Waals surface area contributed by atoms with Gasteiger partial charge in [-0.3, -0.25) is 9.59 Å². The summed E-state index contributed by atoms with van der Waals surface area (Å²) in [6.45, 7) is 4.69. The molecule has 2 aromatic carbocycles. The summed E-state index contributed by atoms with van der Waals surface area (Å²) in [4.78, 5) is 30.9. The zero-order valence-electron chi connectivity index (χ0n) is 16.0. The van der Waals surface area contributed by atoms with E-state index in [-0.39, 0.29) is 30.0 Å². The van der Waals surface area contributed by atoms with E-state index in [1.807, 2.05) is 47.1 Å². The molecule has 1 atom stereocenters. The van der Waals surface area contributed by atoms with Crippen LogP contribution in [0.15, 0.2) is 48.5 Å². The number of halogens is 1. The molecule has 28 heavy (non-hydrogen) atoms. The molecule has 2 aliphatic heterocycles. The minimum Gasteiger partial charge on any atom is -0.366 e. The first-order chi connectivity index (χ1) is 13.5. The summed E-state index contributed by atoms with van der Waals surface area (Å²) >= 11 is 0. The molecule has 2 fully saturated rings. The fourth-order valence-corrected chi connectivity index (χ4v) is 4.05. The van der Waals surface area contributed by atoms with Crippen molar-refractivity contribution in [3.8, 4) is 0 Å². The number of anilines is 2. The number of para-hydroxylation sites is 1. The number of aryl methyl sites for hydroxylation is 1. The molecular formula is C22H24FN3O2. The molecule has 0 spiro atoms. The monoisotopic (exact) mass is 381 g/mol. The molecule has 0 unspecified atom stereocenters. The second-order valence-electron chi connectivity index (χ2n) is 7.51. The van der Waals surface area contributed by atoms with E-state index in [0.717, 1.165) is 11.3 Å². The van der Waals surface area contributed by atoms with Crippen molar-refractivity contribution in [2.75, 3.05) is 42.5 Å². The highest BCUT2D eigenvalue weighted by atomic mass is 19.1. The van der Waals surface area contributed by atoms with Gasteiger partial charge in [-0.05, 0) is 36.8 Å². The number of hydrogen-bond acceptors (Lipinski definition) is 3. The number of carbonyl (C=O) groups excluding carboxylic acids is 2. The number of benzene rings is 2. The Morgan fingerprint density at radius 1 is 1.04 bits per heavy atom. The number of amides is 2. The average Bonchev–Trinajstić information content (AvgIpc) is 3.10. The Bertz CT molecular complexity index is 893. The summed E-state index contributed by atoms with van der Waals surface area (Å²) in [5, 5.41) is 0. The van der Waals surface area contributed by atoms with Crippen LogP contribution in [0.4, 0.5) is 15.8 Å². The van der Waals surface area contributed by atoms with E-state index in [4.69, 9.17) is 0 Å². The molecule has 0 radical (unpaired) electrons. The zero-order valence-corrected chi connectivity index (χ0v) is 16.0. The van der Waals surface area contributed by atoms with Crippen molar-refractivity contribution in [3.05, 3.63) is 59.9 Å². The molecule has 2 heterocycles. The predicted molar refractivity (Wildman–Crippen MR) is 107 cm³/mol. The van der Waals surface area contributed by atoms with Gasteiger partial charge in [-0.1, -0.05) is 24.3 Å². The molecule has 146 valence electrons. The Kier molecular flexibility index (Phi) is 5.03. The van der Waals surface area contributed by atoms with Gasteiger partial charge in [-0.2, -0.15) is 0 Å². The smallest absolute Gasteiger partial charge is 0.228 e. The van der Waals surface area contributed by atoms with Gasteiger partial charge in [0.15, 0.2) is 0 Å². The van der Waals surface area contributed by atoms with Crippen molar-refractivity contribution < 1.29 is 14.0 Å². The van der Waals surface area contributed by atoms with Gasteiger partial charge in [0, 0.05) is 44.8 Å². The van der Waals surface area contributed by atoms with Crippen LogP contribution in [-0.4, -0.2) is 49.4 Å². The van der Waals surface area contributed by atoms with Crippen LogP contribution in [0.2, 0.25) is 0 Å². The standard InChI is InChI=1S/C22H24FN3O2/c1-16-5-4-6-18(13-16)26-15-17(14-21(26)27)22(28)25-11-9-24(10-12-25)20-8-3-2-7-19(20)23/h2-8,13,17H,9-12,14-15H2,1H3/t17-/m1/s1. The maximum Gasteiger partial charge on any atom is 0.228 e. The van der Waals surface area contributed by atoms with Gasteiger partial charge < -0.3 is 14.7 Å². The molecule has 5 nitrogen and oxygen atoms in total. The topological polar surface area (TPSA) is 43.9 Å². The second kappa shape index (κ2) is 7.62. The molecule has 2 amide bonds. The Morgan fingerprint density at radius 2 is 1.79 bits per heavy atom. The largest absolute Gasteiger partial charge is 0.366 e. The fourth-order valence-electron chi connectivity index (χ4n) is 4.05. The summed E-state index contributed by atoms with van der Waals surface area (Å²) in [6, 6.07) is 14.5. The quantitative estimate of drug-likeness (QED) is 0.821. The van der Waals surface area contributed by atoms with Gasteiger partial charge >= 0.3 is 0 Å². The van der Waals surface area contributed by atoms with Crippen LogP contribution in [0.25, 0.3) is 0 Å². The molecule has 0 N–H and O–H groups in total. The van der Waals surface area contributed by atoms with E-state index in [1.54, 1.807) is 17.0 Å². The Morgan fingerprint density at radius 3 is 2.50 bits per heavy atom. The lowest BCUT2D eigenvalue weighted by Crippen LogP contribution is -2.51. The van der Waals surface area contributed by atoms with Gasteiger partial charge in [-0.15, -0.1) is 0 Å². The highest BCUT2D eigenvalue weighted by Crippen LogP contribution is 2.28. The zero-order chi connectivity index (χ0) is 19.7. The number of piperazine rings is 1. The van der Waals surface area contributed by atoms with Gasteiger partial charge in [-0.25, -0.2) is 4.39 Å². The number of hydrogen-bond donors (Lipinski definition) is 0. The Hall–Kier alpha value is -2.89. The van der Waals surface area contributed by atoms with Crippen molar-refractivity contribution in [1.82, 2.24) is 4.90 Å². The third kappa shape index (κ3) is 3.59. The lowest BCUT2D eigenvalue weighted by atomic mass is 10.1. The highest BCUT2D eigenvalue weighted by molar-refractivity contribution is 6.00. The first kappa shape index (κ1) is 18.5. The van der Waals surface area contributed by atoms with Crippen molar-refractivity contribution in [2.45, 2.75) is 13.3 Å². The van der Waals surface area contributed by atoms with E-state index in [0.29, 0.717) is 38.4 Å². The van der Waals surface area contributed by atoms with E-state index >= 15 is 0 Å². The fraction of sp³-hybridized carbons (Fsp3) is 0.364. The SMILES string of the molecule is Cc1cccc(N2C[C@H](C(=O)N3CCN(c4ccccc4F)CC3)CC2=O)c1. The van der Waals surface area contributed by atoms with E-state index in [1.165, 1.54) is 6.07 Å². The van der Waals surface area contributed by atoms with Crippen molar-refractivity contribution in [2.24, 2.45) is 5.92 Å². The normalized spacial score (nSPS) is 20.0. The molecule has 6 heteroatoms. The number of nitrogens with zero attached hydrogens (tertiary/aromatic N) is 3. The Labute approximate surface area is 164 Å². The predicted octanol–water partition coefficient (Wildman–Crippen LogP) is 2.84. The Balaban J connectivity index is 1.38. The molecule has 2 aliphatic rings. The van der Waals surface area contributed by atoms with Crippen molar-refractivity contribution >= 4 is 23.2 Å². The van der Waals surface area contributed by atoms with Crippen LogP contribution in [0.1, 0.15) is 12.0 Å². The maximum atomic E-state index is 14.0. The molecule has 0 aromatic heterocycles. The van der Waals surface area contributed by atoms with Crippen LogP contribution in [0, 0.1) is 18.7 Å². The second-order valence-corrected chi connectivity index (χ2v) is 7.51. The first-order valence-corrected chi connectivity index (χ1v) is 9.68. The van der Waals surface area contributed by atoms with Gasteiger partial charge in [0.05, 0.1) is 11.6 Å². The first-order valence-electron chi connectivity index (χ1n) is 9.68. The van der Waals surface area contributed by atoms with E-state index < -0.39 is 0 Å². The van der Waals surface area contributed by atoms with Crippen molar-refractivity contribution in [1.29, 1.82) is 0 Å². The molecule has 2 aromatic rings. The van der Waals surface area contributed by atoms with Gasteiger partial charge in [0.25, 0.3) is 0 Å². The highest BCUT2D eigenvalue weighted by Gasteiger charge is 2.38. The summed E-state index contributed by atoms with van der Waals surface area (Å²) in [7, 11) is 0. The molecular weight excluding hydrogens is 357 g/mol. The van der Waals surface area contributed by atoms with E-state index in [2.05, 4.69) is 0 Å². The average molecular weight is 381 g/mol. The molecule has 4 rings (SSSR count). The van der Waals surface area contributed by atoms with Crippen LogP contribution >= 0.6 is 0 Å². The van der Waals surface area contributed by atoms with Crippen LogP contribution in [-0.2, 0) is 9.59 Å². The summed E-state index contributed by atoms with van der Waals surface area (Å²) in [5.74, 6) is -0.531. The summed E-state index contributed by atoms with van der Waals surface area (Å²) in [6.07, 6.45) is 0.250. The maximum absolute atomic E-state index is 14.0. The molecule has 0 aliphatic carbocycles. The lowest BCUT2D eigenvalue weighted by molar-refractivity contribution is -0.136. The summed E-state index contributed by atoms with van der Waals surface area (Å²) < 4.78 is 14.0. The van der Waals surface area contributed by atoms with Crippen LogP contribution in [0.5, 0.6) is 0 Å². The third-order valence-corrected chi connectivity index (χ3v) is 5.57. The molecule has 2 saturated heterocycles. The molecule has 0 saturated carbocycles. The van der Waals surface area contributed by atoms with Crippen molar-refractivity contribution in [3.63, 3.8) is 0 Å². The minimum atomic E-state index is -0.312. The number of rotatable bonds is 3. The van der Waals surface area contributed by atoms with Gasteiger partial charge in [0.2, 0.25) is 11.8 Å². The third-order valence-electron chi connectivity index (χ3n) is 5.57. The van der Waals surface area contributed by atoms with Crippen LogP contribution < -0.4 is 9.80 Å². The lowest BCUT2D eigenvalue weighted by Gasteiger charge is -2.37. The number of carbonyl (C=O) groups is 2. The van der Waals surface area contributed by atoms with E-state index in [9.17, 15) is 14.0 Å².